The second kappa shape index (κ2) is 7.63. The van der Waals surface area contributed by atoms with Crippen LogP contribution in [0.4, 0.5) is 5.69 Å². The molecule has 1 heterocycles. The molecule has 1 aliphatic heterocycles. The molecule has 0 amide bonds. The van der Waals surface area contributed by atoms with E-state index in [1.54, 1.807) is 0 Å². The number of para-hydroxylation sites is 1. The fourth-order valence-corrected chi connectivity index (χ4v) is 3.67. The van der Waals surface area contributed by atoms with Crippen molar-refractivity contribution in [3.05, 3.63) is 59.1 Å². The Morgan fingerprint density at radius 2 is 1.84 bits per heavy atom. The number of ether oxygens (including phenoxy) is 1. The van der Waals surface area contributed by atoms with Crippen LogP contribution >= 0.6 is 23.8 Å². The lowest BCUT2D eigenvalue weighted by Crippen LogP contribution is -2.45. The van der Waals surface area contributed by atoms with Crippen molar-refractivity contribution in [2.45, 2.75) is 44.8 Å². The van der Waals surface area contributed by atoms with Crippen LogP contribution in [-0.2, 0) is 0 Å². The maximum Gasteiger partial charge on any atom is 0.171 e. The Morgan fingerprint density at radius 3 is 2.52 bits per heavy atom. The zero-order chi connectivity index (χ0) is 17.9. The van der Waals surface area contributed by atoms with E-state index in [1.807, 2.05) is 42.5 Å². The quantitative estimate of drug-likeness (QED) is 0.671. The van der Waals surface area contributed by atoms with Crippen LogP contribution in [0.3, 0.4) is 0 Å². The number of halogens is 1. The molecule has 0 saturated carbocycles. The molecule has 0 saturated heterocycles. The van der Waals surface area contributed by atoms with E-state index in [9.17, 15) is 0 Å². The first-order chi connectivity index (χ1) is 12.0. The Hall–Kier alpha value is -1.78. The molecule has 3 nitrogen and oxygen atoms in total. The van der Waals surface area contributed by atoms with Crippen molar-refractivity contribution < 1.29 is 4.74 Å². The van der Waals surface area contributed by atoms with Crippen LogP contribution in [0.2, 0.25) is 5.02 Å². The first-order valence-electron chi connectivity index (χ1n) is 8.66. The first kappa shape index (κ1) is 18.0. The maximum absolute atomic E-state index is 6.34. The van der Waals surface area contributed by atoms with Gasteiger partial charge in [-0.15, -0.1) is 0 Å². The Bertz CT molecular complexity index is 744. The van der Waals surface area contributed by atoms with Crippen LogP contribution in [0, 0.1) is 0 Å². The van der Waals surface area contributed by atoms with Crippen molar-refractivity contribution in [2.24, 2.45) is 0 Å². The molecule has 0 aromatic heterocycles. The molecular formula is C20H23ClN2OS. The Balaban J connectivity index is 1.78. The van der Waals surface area contributed by atoms with E-state index in [2.05, 4.69) is 30.5 Å². The van der Waals surface area contributed by atoms with Gasteiger partial charge in [-0.25, -0.2) is 0 Å². The highest BCUT2D eigenvalue weighted by atomic mass is 35.5. The van der Waals surface area contributed by atoms with Gasteiger partial charge in [0.1, 0.15) is 11.4 Å². The van der Waals surface area contributed by atoms with Crippen molar-refractivity contribution in [1.29, 1.82) is 0 Å². The summed E-state index contributed by atoms with van der Waals surface area (Å²) < 4.78 is 6.34. The van der Waals surface area contributed by atoms with Gasteiger partial charge in [0.15, 0.2) is 5.11 Å². The van der Waals surface area contributed by atoms with E-state index in [-0.39, 0.29) is 11.6 Å². The summed E-state index contributed by atoms with van der Waals surface area (Å²) in [5, 5.41) is 8.01. The van der Waals surface area contributed by atoms with E-state index < -0.39 is 0 Å². The molecule has 2 N–H and O–H groups in total. The summed E-state index contributed by atoms with van der Waals surface area (Å²) in [4.78, 5) is 0. The number of benzene rings is 2. The van der Waals surface area contributed by atoms with Gasteiger partial charge in [-0.3, -0.25) is 0 Å². The van der Waals surface area contributed by atoms with Gasteiger partial charge in [0.2, 0.25) is 0 Å². The second-order valence-electron chi connectivity index (χ2n) is 6.39. The predicted molar refractivity (Wildman–Crippen MR) is 109 cm³/mol. The molecule has 0 aliphatic carbocycles. The van der Waals surface area contributed by atoms with E-state index in [4.69, 9.17) is 28.6 Å². The molecule has 2 aromatic rings. The summed E-state index contributed by atoms with van der Waals surface area (Å²) in [5.41, 5.74) is 1.92. The third-order valence-electron chi connectivity index (χ3n) is 4.89. The highest BCUT2D eigenvalue weighted by Gasteiger charge is 2.38. The van der Waals surface area contributed by atoms with Gasteiger partial charge in [-0.2, -0.15) is 0 Å². The topological polar surface area (TPSA) is 33.3 Å². The molecule has 0 bridgehead atoms. The Labute approximate surface area is 159 Å². The van der Waals surface area contributed by atoms with Crippen LogP contribution in [0.1, 0.15) is 44.7 Å². The minimum Gasteiger partial charge on any atom is -0.487 e. The van der Waals surface area contributed by atoms with Gasteiger partial charge in [-0.05, 0) is 55.4 Å². The van der Waals surface area contributed by atoms with Crippen molar-refractivity contribution >= 4 is 34.6 Å². The molecule has 0 fully saturated rings. The molecule has 3 rings (SSSR count). The molecule has 2 aromatic carbocycles. The van der Waals surface area contributed by atoms with Gasteiger partial charge in [0.25, 0.3) is 0 Å². The highest BCUT2D eigenvalue weighted by Crippen LogP contribution is 2.42. The molecule has 1 aliphatic rings. The van der Waals surface area contributed by atoms with Crippen LogP contribution in [-0.4, -0.2) is 10.7 Å². The largest absolute Gasteiger partial charge is 0.487 e. The van der Waals surface area contributed by atoms with Gasteiger partial charge in [0, 0.05) is 22.7 Å². The zero-order valence-electron chi connectivity index (χ0n) is 14.5. The van der Waals surface area contributed by atoms with Crippen molar-refractivity contribution in [1.82, 2.24) is 5.32 Å². The SMILES string of the molecule is CCC1(CC)C[C@H](NC(=S)Nc2ccc(Cl)cc2)c2ccccc2O1. The fourth-order valence-electron chi connectivity index (χ4n) is 3.29. The van der Waals surface area contributed by atoms with Crippen LogP contribution < -0.4 is 15.4 Å². The molecule has 0 radical (unpaired) electrons. The number of fused-ring (bicyclic) bond motifs is 1. The van der Waals surface area contributed by atoms with Gasteiger partial charge >= 0.3 is 0 Å². The molecular weight excluding hydrogens is 352 g/mol. The second-order valence-corrected chi connectivity index (χ2v) is 7.24. The fraction of sp³-hybridized carbons (Fsp3) is 0.350. The van der Waals surface area contributed by atoms with E-state index in [0.29, 0.717) is 10.1 Å². The van der Waals surface area contributed by atoms with Crippen LogP contribution in [0.15, 0.2) is 48.5 Å². The number of thiocarbonyl (C=S) groups is 1. The van der Waals surface area contributed by atoms with Crippen molar-refractivity contribution in [3.63, 3.8) is 0 Å². The first-order valence-corrected chi connectivity index (χ1v) is 9.45. The van der Waals surface area contributed by atoms with Gasteiger partial charge in [-0.1, -0.05) is 43.6 Å². The van der Waals surface area contributed by atoms with E-state index in [0.717, 1.165) is 36.3 Å². The molecule has 0 unspecified atom stereocenters. The number of hydrogen-bond acceptors (Lipinski definition) is 2. The molecule has 132 valence electrons. The average molecular weight is 375 g/mol. The number of rotatable bonds is 4. The number of nitrogens with one attached hydrogen (secondary N) is 2. The minimum atomic E-state index is -0.151. The number of anilines is 1. The summed E-state index contributed by atoms with van der Waals surface area (Å²) in [5.74, 6) is 0.948. The minimum absolute atomic E-state index is 0.122. The standard InChI is InChI=1S/C20H23ClN2OS/c1-3-20(4-2)13-17(16-7-5-6-8-18(16)24-20)23-19(25)22-15-11-9-14(21)10-12-15/h5-12,17H,3-4,13H2,1-2H3,(H2,22,23,25)/t17-/m0/s1. The molecule has 5 heteroatoms. The lowest BCUT2D eigenvalue weighted by molar-refractivity contribution is 0.0256. The van der Waals surface area contributed by atoms with Crippen LogP contribution in [0.5, 0.6) is 5.75 Å². The normalized spacial score (nSPS) is 18.0. The summed E-state index contributed by atoms with van der Waals surface area (Å²) in [6.07, 6.45) is 2.82. The third kappa shape index (κ3) is 4.07. The summed E-state index contributed by atoms with van der Waals surface area (Å²) in [6.45, 7) is 4.36. The highest BCUT2D eigenvalue weighted by molar-refractivity contribution is 7.80. The van der Waals surface area contributed by atoms with Crippen LogP contribution in [0.25, 0.3) is 0 Å². The lowest BCUT2D eigenvalue weighted by atomic mass is 9.83. The Morgan fingerprint density at radius 1 is 1.16 bits per heavy atom. The lowest BCUT2D eigenvalue weighted by Gasteiger charge is -2.42. The average Bonchev–Trinajstić information content (AvgIpc) is 2.63. The van der Waals surface area contributed by atoms with Crippen molar-refractivity contribution in [2.75, 3.05) is 5.32 Å². The monoisotopic (exact) mass is 374 g/mol. The summed E-state index contributed by atoms with van der Waals surface area (Å²) in [6, 6.07) is 15.8. The van der Waals surface area contributed by atoms with E-state index >= 15 is 0 Å². The van der Waals surface area contributed by atoms with Crippen molar-refractivity contribution in [3.8, 4) is 5.75 Å². The molecule has 1 atom stereocenters. The Kier molecular flexibility index (Phi) is 5.50. The van der Waals surface area contributed by atoms with Gasteiger partial charge < -0.3 is 15.4 Å². The van der Waals surface area contributed by atoms with E-state index in [1.165, 1.54) is 0 Å². The maximum atomic E-state index is 6.34. The zero-order valence-corrected chi connectivity index (χ0v) is 16.1. The molecule has 0 spiro atoms. The predicted octanol–water partition coefficient (Wildman–Crippen LogP) is 5.71. The number of hydrogen-bond donors (Lipinski definition) is 2. The summed E-state index contributed by atoms with van der Waals surface area (Å²) in [7, 11) is 0. The van der Waals surface area contributed by atoms with Gasteiger partial charge in [0.05, 0.1) is 6.04 Å². The molecule has 25 heavy (non-hydrogen) atoms. The summed E-state index contributed by atoms with van der Waals surface area (Å²) >= 11 is 11.5. The smallest absolute Gasteiger partial charge is 0.171 e. The third-order valence-corrected chi connectivity index (χ3v) is 5.37.